The van der Waals surface area contributed by atoms with E-state index >= 15 is 0 Å². The Bertz CT molecular complexity index is 1220. The quantitative estimate of drug-likeness (QED) is 0.316. The predicted octanol–water partition coefficient (Wildman–Crippen LogP) is 6.68. The molecule has 2 aromatic heterocycles. The number of rotatable bonds is 8. The Morgan fingerprint density at radius 3 is 2.48 bits per heavy atom. The molecule has 0 saturated carbocycles. The molecule has 158 valence electrons. The molecule has 0 amide bonds. The minimum absolute atomic E-state index is 0.175. The minimum atomic E-state index is -0.758. The highest BCUT2D eigenvalue weighted by molar-refractivity contribution is 6.30. The average molecular weight is 433 g/mol. The van der Waals surface area contributed by atoms with Crippen LogP contribution in [0.1, 0.15) is 37.4 Å². The molecule has 31 heavy (non-hydrogen) atoms. The van der Waals surface area contributed by atoms with Crippen LogP contribution < -0.4 is 0 Å². The third-order valence-electron chi connectivity index (χ3n) is 5.57. The Kier molecular flexibility index (Phi) is 6.38. The first-order chi connectivity index (χ1) is 15.1. The van der Waals surface area contributed by atoms with Crippen molar-refractivity contribution < 1.29 is 9.90 Å². The number of hydrogen-bond donors (Lipinski definition) is 1. The summed E-state index contributed by atoms with van der Waals surface area (Å²) >= 11 is 6.36. The van der Waals surface area contributed by atoms with E-state index in [2.05, 4.69) is 37.3 Å². The number of carbonyl (C=O) groups is 1. The highest BCUT2D eigenvalue weighted by Gasteiger charge is 2.20. The molecule has 1 N–H and O–H groups in total. The van der Waals surface area contributed by atoms with Crippen LogP contribution in [0.3, 0.4) is 0 Å². The number of aromatic nitrogens is 2. The summed E-state index contributed by atoms with van der Waals surface area (Å²) in [7, 11) is 0. The largest absolute Gasteiger partial charge is 0.481 e. The second-order valence-electron chi connectivity index (χ2n) is 7.65. The van der Waals surface area contributed by atoms with Crippen molar-refractivity contribution in [2.24, 2.45) is 0 Å². The number of halogens is 1. The van der Waals surface area contributed by atoms with Crippen LogP contribution in [-0.4, -0.2) is 20.7 Å². The van der Waals surface area contributed by atoms with Crippen LogP contribution in [0, 0.1) is 0 Å². The molecule has 0 fully saturated rings. The summed E-state index contributed by atoms with van der Waals surface area (Å²) in [6.07, 6.45) is 3.20. The predicted molar refractivity (Wildman–Crippen MR) is 126 cm³/mol. The highest BCUT2D eigenvalue weighted by atomic mass is 35.5. The van der Waals surface area contributed by atoms with E-state index in [-0.39, 0.29) is 6.42 Å². The van der Waals surface area contributed by atoms with Gasteiger partial charge in [0.15, 0.2) is 0 Å². The molecule has 0 radical (unpaired) electrons. The van der Waals surface area contributed by atoms with Crippen molar-refractivity contribution in [3.05, 3.63) is 83.0 Å². The Balaban J connectivity index is 1.96. The van der Waals surface area contributed by atoms with Crippen molar-refractivity contribution in [1.82, 2.24) is 9.61 Å². The zero-order valence-electron chi connectivity index (χ0n) is 17.5. The summed E-state index contributed by atoms with van der Waals surface area (Å²) in [6, 6.07) is 22.3. The lowest BCUT2D eigenvalue weighted by Gasteiger charge is -2.18. The normalized spacial score (nSPS) is 11.2. The Labute approximate surface area is 187 Å². The van der Waals surface area contributed by atoms with Gasteiger partial charge in [-0.05, 0) is 61.1 Å². The second kappa shape index (κ2) is 9.36. The molecule has 4 nitrogen and oxygen atoms in total. The number of aliphatic carboxylic acids is 1. The van der Waals surface area contributed by atoms with Gasteiger partial charge in [0.25, 0.3) is 0 Å². The maximum atomic E-state index is 11.0. The van der Waals surface area contributed by atoms with Gasteiger partial charge < -0.3 is 5.11 Å². The van der Waals surface area contributed by atoms with Crippen LogP contribution in [0.25, 0.3) is 27.9 Å². The van der Waals surface area contributed by atoms with E-state index in [0.717, 1.165) is 58.4 Å². The summed E-state index contributed by atoms with van der Waals surface area (Å²) in [5.41, 5.74) is 7.48. The van der Waals surface area contributed by atoms with E-state index in [9.17, 15) is 4.79 Å². The number of aryl methyl sites for hydroxylation is 1. The van der Waals surface area contributed by atoms with Gasteiger partial charge in [-0.15, -0.1) is 0 Å². The van der Waals surface area contributed by atoms with Gasteiger partial charge in [-0.25, -0.2) is 4.52 Å². The number of fused-ring (bicyclic) bond motifs is 1. The monoisotopic (exact) mass is 432 g/mol. The number of carboxylic acids is 1. The fraction of sp³-hybridized carbons (Fsp3) is 0.231. The molecule has 0 unspecified atom stereocenters. The Morgan fingerprint density at radius 1 is 1.00 bits per heavy atom. The van der Waals surface area contributed by atoms with Crippen LogP contribution in [0.2, 0.25) is 5.02 Å². The van der Waals surface area contributed by atoms with Crippen LogP contribution in [0.15, 0.2) is 66.7 Å². The Hall–Kier alpha value is -3.11. The van der Waals surface area contributed by atoms with Crippen LogP contribution in [0.5, 0.6) is 0 Å². The zero-order chi connectivity index (χ0) is 21.8. The highest BCUT2D eigenvalue weighted by Crippen LogP contribution is 2.37. The third kappa shape index (κ3) is 4.49. The smallest absolute Gasteiger partial charge is 0.303 e. The molecule has 0 aliphatic rings. The fourth-order valence-electron chi connectivity index (χ4n) is 4.09. The topological polar surface area (TPSA) is 54.6 Å². The first-order valence-corrected chi connectivity index (χ1v) is 11.0. The number of hydrogen-bond acceptors (Lipinski definition) is 2. The molecule has 4 aromatic rings. The van der Waals surface area contributed by atoms with Crippen LogP contribution in [0.4, 0.5) is 0 Å². The third-order valence-corrected chi connectivity index (χ3v) is 5.80. The van der Waals surface area contributed by atoms with Gasteiger partial charge in [-0.1, -0.05) is 61.0 Å². The van der Waals surface area contributed by atoms with Crippen molar-refractivity contribution in [2.75, 3.05) is 0 Å². The van der Waals surface area contributed by atoms with Crippen molar-refractivity contribution >= 4 is 23.1 Å². The van der Waals surface area contributed by atoms with Gasteiger partial charge in [-0.3, -0.25) is 4.79 Å². The first-order valence-electron chi connectivity index (χ1n) is 10.6. The molecule has 0 saturated heterocycles. The molecular formula is C26H25ClN2O2. The lowest BCUT2D eigenvalue weighted by atomic mass is 9.92. The summed E-state index contributed by atoms with van der Waals surface area (Å²) in [5.74, 6) is -0.758. The van der Waals surface area contributed by atoms with Gasteiger partial charge in [0, 0.05) is 28.3 Å². The molecule has 0 bridgehead atoms. The number of carboxylic acid groups (broad SMARTS) is 1. The van der Waals surface area contributed by atoms with Crippen molar-refractivity contribution in [2.45, 2.75) is 39.0 Å². The van der Waals surface area contributed by atoms with Crippen molar-refractivity contribution in [3.63, 3.8) is 0 Å². The van der Waals surface area contributed by atoms with Crippen LogP contribution in [-0.2, 0) is 17.6 Å². The van der Waals surface area contributed by atoms with Crippen LogP contribution >= 0.6 is 11.6 Å². The summed E-state index contributed by atoms with van der Waals surface area (Å²) in [6.45, 7) is 2.13. The number of benzene rings is 2. The van der Waals surface area contributed by atoms with E-state index in [4.69, 9.17) is 21.8 Å². The van der Waals surface area contributed by atoms with Gasteiger partial charge in [0.1, 0.15) is 0 Å². The van der Waals surface area contributed by atoms with Crippen molar-refractivity contribution in [3.8, 4) is 22.4 Å². The molecule has 2 aromatic carbocycles. The molecule has 0 atom stereocenters. The molecule has 0 aliphatic heterocycles. The lowest BCUT2D eigenvalue weighted by Crippen LogP contribution is -2.06. The van der Waals surface area contributed by atoms with Gasteiger partial charge in [-0.2, -0.15) is 5.10 Å². The van der Waals surface area contributed by atoms with Gasteiger partial charge in [0.05, 0.1) is 11.2 Å². The molecule has 5 heteroatoms. The first kappa shape index (κ1) is 21.1. The van der Waals surface area contributed by atoms with Gasteiger partial charge >= 0.3 is 5.97 Å². The molecule has 0 spiro atoms. The average Bonchev–Trinajstić information content (AvgIpc) is 3.19. The SMILES string of the molecule is CCc1ccc2c(-c3cccc(Cl)c3)c(CCCCC(=O)O)c(-c3ccccc3)nn12. The zero-order valence-corrected chi connectivity index (χ0v) is 18.3. The van der Waals surface area contributed by atoms with Gasteiger partial charge in [0.2, 0.25) is 0 Å². The molecular weight excluding hydrogens is 408 g/mol. The van der Waals surface area contributed by atoms with E-state index in [1.54, 1.807) is 0 Å². The maximum absolute atomic E-state index is 11.0. The molecule has 2 heterocycles. The fourth-order valence-corrected chi connectivity index (χ4v) is 4.29. The Morgan fingerprint density at radius 2 is 1.77 bits per heavy atom. The maximum Gasteiger partial charge on any atom is 0.303 e. The van der Waals surface area contributed by atoms with E-state index in [0.29, 0.717) is 11.4 Å². The summed E-state index contributed by atoms with van der Waals surface area (Å²) in [4.78, 5) is 11.0. The molecule has 4 rings (SSSR count). The van der Waals surface area contributed by atoms with E-state index in [1.165, 1.54) is 0 Å². The van der Waals surface area contributed by atoms with Crippen molar-refractivity contribution in [1.29, 1.82) is 0 Å². The summed E-state index contributed by atoms with van der Waals surface area (Å²) < 4.78 is 2.04. The summed E-state index contributed by atoms with van der Waals surface area (Å²) in [5, 5.41) is 14.8. The number of nitrogens with zero attached hydrogens (tertiary/aromatic N) is 2. The minimum Gasteiger partial charge on any atom is -0.481 e. The number of unbranched alkanes of at least 4 members (excludes halogenated alkanes) is 1. The standard InChI is InChI=1S/C26H25ClN2O2/c1-2-21-15-16-23-25(19-11-8-12-20(27)17-19)22(13-6-7-14-24(30)31)26(28-29(21)23)18-9-4-3-5-10-18/h3-5,8-12,15-17H,2,6-7,13-14H2,1H3,(H,30,31). The van der Waals surface area contributed by atoms with E-state index < -0.39 is 5.97 Å². The molecule has 0 aliphatic carbocycles. The lowest BCUT2D eigenvalue weighted by molar-refractivity contribution is -0.137. The second-order valence-corrected chi connectivity index (χ2v) is 8.09. The van der Waals surface area contributed by atoms with E-state index in [1.807, 2.05) is 40.9 Å².